The van der Waals surface area contributed by atoms with Gasteiger partial charge in [0.1, 0.15) is 18.8 Å². The molecule has 0 aliphatic rings. The van der Waals surface area contributed by atoms with Gasteiger partial charge in [0, 0.05) is 12.1 Å². The minimum Gasteiger partial charge on any atom is -0.468 e. The summed E-state index contributed by atoms with van der Waals surface area (Å²) in [6.07, 6.45) is 1.43. The molecule has 0 radical (unpaired) electrons. The fourth-order valence-electron chi connectivity index (χ4n) is 3.14. The molecule has 0 N–H and O–H groups in total. The number of rotatable bonds is 5. The number of ether oxygens (including phenoxy) is 1. The molecule has 162 valence electrons. The Labute approximate surface area is 175 Å². The second kappa shape index (κ2) is 7.64. The van der Waals surface area contributed by atoms with Crippen LogP contribution in [0.4, 0.5) is 13.2 Å². The highest BCUT2D eigenvalue weighted by Crippen LogP contribution is 2.33. The van der Waals surface area contributed by atoms with Gasteiger partial charge < -0.3 is 4.74 Å². The molecule has 0 aliphatic carbocycles. The Hall–Kier alpha value is -3.50. The molecule has 3 aromatic heterocycles. The molecule has 0 spiro atoms. The van der Waals surface area contributed by atoms with Crippen molar-refractivity contribution in [2.75, 3.05) is 0 Å². The van der Waals surface area contributed by atoms with Crippen LogP contribution in [0, 0.1) is 17.5 Å². The molecule has 0 amide bonds. The summed E-state index contributed by atoms with van der Waals surface area (Å²) in [7, 11) is 0. The standard InChI is InChI=1S/C20H20F3N7O/c1-5-29-15(24-10-25-29)9-31-19-11(20(2,3)4)8-14-26-27-18(30(14)28-19)16-12(21)6-7-13(22)17(16)23/h6-8,10H,5,9H2,1-4H3. The maximum atomic E-state index is 14.4. The first-order chi connectivity index (χ1) is 14.7. The number of aryl methyl sites for hydroxylation is 1. The number of benzene rings is 1. The van der Waals surface area contributed by atoms with Crippen molar-refractivity contribution in [1.82, 2.24) is 34.6 Å². The normalized spacial score (nSPS) is 12.0. The summed E-state index contributed by atoms with van der Waals surface area (Å²) in [5, 5.41) is 16.3. The summed E-state index contributed by atoms with van der Waals surface area (Å²) >= 11 is 0. The molecule has 3 heterocycles. The lowest BCUT2D eigenvalue weighted by atomic mass is 9.88. The van der Waals surface area contributed by atoms with Crippen LogP contribution >= 0.6 is 0 Å². The zero-order chi connectivity index (χ0) is 22.3. The number of hydrogen-bond acceptors (Lipinski definition) is 6. The van der Waals surface area contributed by atoms with E-state index < -0.39 is 23.0 Å². The first-order valence-corrected chi connectivity index (χ1v) is 9.61. The number of hydrogen-bond donors (Lipinski definition) is 0. The van der Waals surface area contributed by atoms with Crippen molar-refractivity contribution in [1.29, 1.82) is 0 Å². The summed E-state index contributed by atoms with van der Waals surface area (Å²) < 4.78 is 51.2. The molecule has 11 heteroatoms. The van der Waals surface area contributed by atoms with E-state index in [1.807, 2.05) is 27.7 Å². The van der Waals surface area contributed by atoms with Crippen LogP contribution in [0.25, 0.3) is 17.0 Å². The van der Waals surface area contributed by atoms with Crippen LogP contribution in [0.5, 0.6) is 5.88 Å². The second-order valence-corrected chi connectivity index (χ2v) is 7.91. The Morgan fingerprint density at radius 1 is 1.06 bits per heavy atom. The fourth-order valence-corrected chi connectivity index (χ4v) is 3.14. The molecule has 4 aromatic rings. The summed E-state index contributed by atoms with van der Waals surface area (Å²) in [6, 6.07) is 3.22. The summed E-state index contributed by atoms with van der Waals surface area (Å²) in [5.74, 6) is -3.01. The molecule has 8 nitrogen and oxygen atoms in total. The maximum Gasteiger partial charge on any atom is 0.236 e. The Kier molecular flexibility index (Phi) is 5.11. The van der Waals surface area contributed by atoms with E-state index in [-0.39, 0.29) is 29.4 Å². The predicted molar refractivity (Wildman–Crippen MR) is 105 cm³/mol. The van der Waals surface area contributed by atoms with Crippen LogP contribution in [0.15, 0.2) is 24.5 Å². The van der Waals surface area contributed by atoms with Gasteiger partial charge in [-0.15, -0.1) is 15.3 Å². The van der Waals surface area contributed by atoms with Gasteiger partial charge in [-0.2, -0.15) is 9.61 Å². The highest BCUT2D eigenvalue weighted by Gasteiger charge is 2.26. The van der Waals surface area contributed by atoms with E-state index in [1.165, 1.54) is 6.33 Å². The number of fused-ring (bicyclic) bond motifs is 1. The van der Waals surface area contributed by atoms with Crippen LogP contribution in [-0.4, -0.2) is 34.6 Å². The van der Waals surface area contributed by atoms with Gasteiger partial charge in [0.05, 0.1) is 5.56 Å². The van der Waals surface area contributed by atoms with E-state index in [9.17, 15) is 13.2 Å². The van der Waals surface area contributed by atoms with Crippen molar-refractivity contribution in [3.63, 3.8) is 0 Å². The summed E-state index contributed by atoms with van der Waals surface area (Å²) in [4.78, 5) is 4.17. The zero-order valence-electron chi connectivity index (χ0n) is 17.4. The lowest BCUT2D eigenvalue weighted by Crippen LogP contribution is -2.17. The van der Waals surface area contributed by atoms with Gasteiger partial charge in [0.15, 0.2) is 28.9 Å². The van der Waals surface area contributed by atoms with Crippen molar-refractivity contribution in [3.05, 3.63) is 53.4 Å². The molecule has 0 fully saturated rings. The molecule has 1 aromatic carbocycles. The van der Waals surface area contributed by atoms with E-state index in [0.29, 0.717) is 24.0 Å². The van der Waals surface area contributed by atoms with E-state index >= 15 is 0 Å². The Balaban J connectivity index is 1.85. The van der Waals surface area contributed by atoms with E-state index in [2.05, 4.69) is 25.4 Å². The minimum absolute atomic E-state index is 0.0789. The van der Waals surface area contributed by atoms with Gasteiger partial charge >= 0.3 is 0 Å². The first kappa shape index (κ1) is 20.8. The highest BCUT2D eigenvalue weighted by atomic mass is 19.2. The smallest absolute Gasteiger partial charge is 0.236 e. The molecule has 0 aliphatic heterocycles. The second-order valence-electron chi connectivity index (χ2n) is 7.91. The van der Waals surface area contributed by atoms with Crippen molar-refractivity contribution < 1.29 is 17.9 Å². The van der Waals surface area contributed by atoms with Gasteiger partial charge in [-0.05, 0) is 30.5 Å². The Bertz CT molecular complexity index is 1260. The van der Waals surface area contributed by atoms with E-state index in [4.69, 9.17) is 4.74 Å². The third-order valence-corrected chi connectivity index (χ3v) is 4.77. The van der Waals surface area contributed by atoms with Crippen LogP contribution in [-0.2, 0) is 18.6 Å². The average molecular weight is 431 g/mol. The predicted octanol–water partition coefficient (Wildman–Crippen LogP) is 3.70. The van der Waals surface area contributed by atoms with Crippen molar-refractivity contribution in [2.24, 2.45) is 0 Å². The Morgan fingerprint density at radius 2 is 1.81 bits per heavy atom. The van der Waals surface area contributed by atoms with Crippen LogP contribution < -0.4 is 4.74 Å². The highest BCUT2D eigenvalue weighted by molar-refractivity contribution is 5.61. The summed E-state index contributed by atoms with van der Waals surface area (Å²) in [5.41, 5.74) is -0.0850. The molecule has 0 atom stereocenters. The third kappa shape index (κ3) is 3.71. The van der Waals surface area contributed by atoms with E-state index in [1.54, 1.807) is 10.7 Å². The fraction of sp³-hybridized carbons (Fsp3) is 0.350. The maximum absolute atomic E-state index is 14.4. The topological polar surface area (TPSA) is 83.0 Å². The molecule has 0 unspecified atom stereocenters. The van der Waals surface area contributed by atoms with Crippen LogP contribution in [0.2, 0.25) is 0 Å². The van der Waals surface area contributed by atoms with Crippen LogP contribution in [0.1, 0.15) is 39.1 Å². The third-order valence-electron chi connectivity index (χ3n) is 4.77. The molecule has 0 bridgehead atoms. The van der Waals surface area contributed by atoms with Gasteiger partial charge in [-0.1, -0.05) is 20.8 Å². The molecular formula is C20H20F3N7O. The van der Waals surface area contributed by atoms with Gasteiger partial charge in [0.2, 0.25) is 5.88 Å². The lowest BCUT2D eigenvalue weighted by molar-refractivity contribution is 0.264. The van der Waals surface area contributed by atoms with Gasteiger partial charge in [0.25, 0.3) is 0 Å². The molecular weight excluding hydrogens is 411 g/mol. The minimum atomic E-state index is -1.37. The number of aromatic nitrogens is 7. The lowest BCUT2D eigenvalue weighted by Gasteiger charge is -2.21. The molecule has 31 heavy (non-hydrogen) atoms. The average Bonchev–Trinajstić information content (AvgIpc) is 3.34. The number of nitrogens with zero attached hydrogens (tertiary/aromatic N) is 7. The zero-order valence-corrected chi connectivity index (χ0v) is 17.4. The molecule has 0 saturated heterocycles. The first-order valence-electron chi connectivity index (χ1n) is 9.61. The Morgan fingerprint density at radius 3 is 2.52 bits per heavy atom. The number of halogens is 3. The van der Waals surface area contributed by atoms with Crippen molar-refractivity contribution in [2.45, 2.75) is 46.3 Å². The SMILES string of the molecule is CCn1ncnc1COc1nn2c(-c3c(F)ccc(F)c3F)nnc2cc1C(C)(C)C. The molecule has 0 saturated carbocycles. The van der Waals surface area contributed by atoms with E-state index in [0.717, 1.165) is 10.6 Å². The van der Waals surface area contributed by atoms with Gasteiger partial charge in [-0.25, -0.2) is 22.8 Å². The van der Waals surface area contributed by atoms with Crippen LogP contribution in [0.3, 0.4) is 0 Å². The van der Waals surface area contributed by atoms with Crippen molar-refractivity contribution in [3.8, 4) is 17.3 Å². The largest absolute Gasteiger partial charge is 0.468 e. The van der Waals surface area contributed by atoms with Gasteiger partial charge in [-0.3, -0.25) is 0 Å². The summed E-state index contributed by atoms with van der Waals surface area (Å²) in [6.45, 7) is 8.51. The quantitative estimate of drug-likeness (QED) is 0.448. The monoisotopic (exact) mass is 431 g/mol. The molecule has 4 rings (SSSR count). The van der Waals surface area contributed by atoms with Crippen molar-refractivity contribution >= 4 is 5.65 Å².